The van der Waals surface area contributed by atoms with Crippen molar-refractivity contribution >= 4 is 27.7 Å². The van der Waals surface area contributed by atoms with Crippen LogP contribution in [0.15, 0.2) is 28.7 Å². The molecular formula is C18H26BrN3O2. The molecule has 0 radical (unpaired) electrons. The summed E-state index contributed by atoms with van der Waals surface area (Å²) in [4.78, 5) is 26.2. The molecule has 1 heterocycles. The van der Waals surface area contributed by atoms with E-state index >= 15 is 0 Å². The third-order valence-corrected chi connectivity index (χ3v) is 4.92. The second-order valence-corrected chi connectivity index (χ2v) is 7.12. The van der Waals surface area contributed by atoms with Gasteiger partial charge in [0.2, 0.25) is 11.8 Å². The predicted octanol–water partition coefficient (Wildman–Crippen LogP) is 2.23. The Bertz CT molecular complexity index is 548. The van der Waals surface area contributed by atoms with Crippen LogP contribution < -0.4 is 11.1 Å². The Morgan fingerprint density at radius 1 is 1.21 bits per heavy atom. The van der Waals surface area contributed by atoms with Crippen molar-refractivity contribution in [1.29, 1.82) is 0 Å². The van der Waals surface area contributed by atoms with Gasteiger partial charge in [-0.3, -0.25) is 9.59 Å². The van der Waals surface area contributed by atoms with Crippen LogP contribution in [0.3, 0.4) is 0 Å². The number of nitrogens with zero attached hydrogens (tertiary/aromatic N) is 1. The molecule has 0 aliphatic carbocycles. The molecule has 0 bridgehead atoms. The minimum absolute atomic E-state index is 0.0367. The number of halogens is 1. The molecule has 0 spiro atoms. The van der Waals surface area contributed by atoms with Gasteiger partial charge in [0.15, 0.2) is 0 Å². The molecule has 24 heavy (non-hydrogen) atoms. The first-order valence-electron chi connectivity index (χ1n) is 8.61. The zero-order chi connectivity index (χ0) is 17.4. The lowest BCUT2D eigenvalue weighted by Crippen LogP contribution is -2.49. The number of hydrogen-bond acceptors (Lipinski definition) is 3. The van der Waals surface area contributed by atoms with Crippen molar-refractivity contribution in [2.24, 2.45) is 5.73 Å². The van der Waals surface area contributed by atoms with Gasteiger partial charge in [-0.05, 0) is 43.4 Å². The molecule has 1 fully saturated rings. The summed E-state index contributed by atoms with van der Waals surface area (Å²) >= 11 is 3.42. The van der Waals surface area contributed by atoms with Crippen LogP contribution in [0.2, 0.25) is 0 Å². The van der Waals surface area contributed by atoms with Crippen molar-refractivity contribution in [3.63, 3.8) is 0 Å². The molecule has 2 amide bonds. The predicted molar refractivity (Wildman–Crippen MR) is 98.5 cm³/mol. The first-order chi connectivity index (χ1) is 11.6. The van der Waals surface area contributed by atoms with Gasteiger partial charge in [-0.2, -0.15) is 0 Å². The van der Waals surface area contributed by atoms with E-state index in [-0.39, 0.29) is 17.9 Å². The number of amides is 2. The Morgan fingerprint density at radius 3 is 2.67 bits per heavy atom. The van der Waals surface area contributed by atoms with E-state index in [1.165, 1.54) is 0 Å². The lowest BCUT2D eigenvalue weighted by atomic mass is 10.0. The number of carbonyl (C=O) groups excluding carboxylic acids is 2. The minimum atomic E-state index is -0.0367. The standard InChI is InChI=1S/C18H26BrN3O2/c19-15-7-4-14(5-8-15)6-9-18(24)22-12-2-1-3-16(22)13-21-17(23)10-11-20/h4-5,7-8,16H,1-3,6,9-13,20H2,(H,21,23). The molecule has 1 aliphatic rings. The van der Waals surface area contributed by atoms with Gasteiger partial charge in [-0.1, -0.05) is 28.1 Å². The largest absolute Gasteiger partial charge is 0.354 e. The Hall–Kier alpha value is -1.40. The number of likely N-dealkylation sites (tertiary alicyclic amines) is 1. The zero-order valence-electron chi connectivity index (χ0n) is 14.0. The van der Waals surface area contributed by atoms with Gasteiger partial charge in [0, 0.05) is 43.0 Å². The van der Waals surface area contributed by atoms with Gasteiger partial charge < -0.3 is 16.0 Å². The average molecular weight is 396 g/mol. The summed E-state index contributed by atoms with van der Waals surface area (Å²) in [7, 11) is 0. The van der Waals surface area contributed by atoms with Crippen LogP contribution in [0.4, 0.5) is 0 Å². The Labute approximate surface area is 152 Å². The average Bonchev–Trinajstić information content (AvgIpc) is 2.60. The fraction of sp³-hybridized carbons (Fsp3) is 0.556. The summed E-state index contributed by atoms with van der Waals surface area (Å²) < 4.78 is 1.04. The normalized spacial score (nSPS) is 17.6. The lowest BCUT2D eigenvalue weighted by molar-refractivity contribution is -0.135. The van der Waals surface area contributed by atoms with E-state index in [4.69, 9.17) is 5.73 Å². The lowest BCUT2D eigenvalue weighted by Gasteiger charge is -2.36. The number of carbonyl (C=O) groups is 2. The van der Waals surface area contributed by atoms with E-state index < -0.39 is 0 Å². The van der Waals surface area contributed by atoms with Gasteiger partial charge in [0.1, 0.15) is 0 Å². The highest BCUT2D eigenvalue weighted by Gasteiger charge is 2.26. The van der Waals surface area contributed by atoms with Crippen molar-refractivity contribution in [1.82, 2.24) is 10.2 Å². The van der Waals surface area contributed by atoms with Gasteiger partial charge in [-0.25, -0.2) is 0 Å². The van der Waals surface area contributed by atoms with E-state index in [2.05, 4.69) is 21.2 Å². The maximum atomic E-state index is 12.6. The molecule has 1 aromatic carbocycles. The van der Waals surface area contributed by atoms with Crippen molar-refractivity contribution in [3.8, 4) is 0 Å². The highest BCUT2D eigenvalue weighted by Crippen LogP contribution is 2.19. The second-order valence-electron chi connectivity index (χ2n) is 6.21. The molecule has 1 unspecified atom stereocenters. The smallest absolute Gasteiger partial charge is 0.223 e. The van der Waals surface area contributed by atoms with Crippen molar-refractivity contribution < 1.29 is 9.59 Å². The molecule has 3 N–H and O–H groups in total. The monoisotopic (exact) mass is 395 g/mol. The van der Waals surface area contributed by atoms with Crippen molar-refractivity contribution in [3.05, 3.63) is 34.3 Å². The second kappa shape index (κ2) is 9.79. The third-order valence-electron chi connectivity index (χ3n) is 4.39. The topological polar surface area (TPSA) is 75.4 Å². The molecule has 1 atom stereocenters. The van der Waals surface area contributed by atoms with Crippen LogP contribution in [0, 0.1) is 0 Å². The number of rotatable bonds is 7. The van der Waals surface area contributed by atoms with E-state index in [1.807, 2.05) is 29.2 Å². The maximum Gasteiger partial charge on any atom is 0.223 e. The van der Waals surface area contributed by atoms with Crippen LogP contribution in [0.1, 0.15) is 37.7 Å². The zero-order valence-corrected chi connectivity index (χ0v) is 15.6. The molecule has 5 nitrogen and oxygen atoms in total. The molecular weight excluding hydrogens is 370 g/mol. The summed E-state index contributed by atoms with van der Waals surface area (Å²) in [5, 5.41) is 2.90. The fourth-order valence-corrected chi connectivity index (χ4v) is 3.30. The number of hydrogen-bond donors (Lipinski definition) is 2. The fourth-order valence-electron chi connectivity index (χ4n) is 3.04. The number of piperidine rings is 1. The molecule has 6 heteroatoms. The van der Waals surface area contributed by atoms with Gasteiger partial charge >= 0.3 is 0 Å². The molecule has 0 aromatic heterocycles. The maximum absolute atomic E-state index is 12.6. The first-order valence-corrected chi connectivity index (χ1v) is 9.40. The number of aryl methyl sites for hydroxylation is 1. The Morgan fingerprint density at radius 2 is 1.96 bits per heavy atom. The summed E-state index contributed by atoms with van der Waals surface area (Å²) in [6.45, 7) is 1.67. The SMILES string of the molecule is NCCC(=O)NCC1CCCCN1C(=O)CCc1ccc(Br)cc1. The molecule has 1 saturated heterocycles. The highest BCUT2D eigenvalue weighted by atomic mass is 79.9. The Balaban J connectivity index is 1.85. The van der Waals surface area contributed by atoms with Gasteiger partial charge in [0.25, 0.3) is 0 Å². The van der Waals surface area contributed by atoms with Crippen LogP contribution in [-0.2, 0) is 16.0 Å². The van der Waals surface area contributed by atoms with Crippen LogP contribution in [0.5, 0.6) is 0 Å². The molecule has 1 aromatic rings. The van der Waals surface area contributed by atoms with E-state index in [9.17, 15) is 9.59 Å². The van der Waals surface area contributed by atoms with Crippen LogP contribution in [0.25, 0.3) is 0 Å². The minimum Gasteiger partial charge on any atom is -0.354 e. The number of benzene rings is 1. The number of nitrogens with one attached hydrogen (secondary N) is 1. The molecule has 132 valence electrons. The van der Waals surface area contributed by atoms with E-state index in [1.54, 1.807) is 0 Å². The number of nitrogens with two attached hydrogens (primary N) is 1. The van der Waals surface area contributed by atoms with Gasteiger partial charge in [0.05, 0.1) is 0 Å². The van der Waals surface area contributed by atoms with Crippen LogP contribution in [-0.4, -0.2) is 42.4 Å². The first kappa shape index (κ1) is 18.9. The summed E-state index contributed by atoms with van der Waals surface area (Å²) in [6, 6.07) is 8.18. The summed E-state index contributed by atoms with van der Waals surface area (Å²) in [6.07, 6.45) is 4.69. The highest BCUT2D eigenvalue weighted by molar-refractivity contribution is 9.10. The molecule has 1 aliphatic heterocycles. The summed E-state index contributed by atoms with van der Waals surface area (Å²) in [5.74, 6) is 0.140. The van der Waals surface area contributed by atoms with Crippen LogP contribution >= 0.6 is 15.9 Å². The quantitative estimate of drug-likeness (QED) is 0.742. The molecule has 0 saturated carbocycles. The third kappa shape index (κ3) is 5.91. The molecule has 2 rings (SSSR count). The van der Waals surface area contributed by atoms with E-state index in [0.29, 0.717) is 25.9 Å². The van der Waals surface area contributed by atoms with Gasteiger partial charge in [-0.15, -0.1) is 0 Å². The van der Waals surface area contributed by atoms with Crippen molar-refractivity contribution in [2.45, 2.75) is 44.6 Å². The Kier molecular flexibility index (Phi) is 7.72. The van der Waals surface area contributed by atoms with Crippen molar-refractivity contribution in [2.75, 3.05) is 19.6 Å². The van der Waals surface area contributed by atoms with E-state index in [0.717, 1.165) is 42.3 Å². The summed E-state index contributed by atoms with van der Waals surface area (Å²) in [5.41, 5.74) is 6.55.